The molecule has 1 heterocycles. The van der Waals surface area contributed by atoms with Crippen LogP contribution in [0.4, 0.5) is 18.9 Å². The summed E-state index contributed by atoms with van der Waals surface area (Å²) >= 11 is 0. The summed E-state index contributed by atoms with van der Waals surface area (Å²) in [6.45, 7) is 1.89. The SMILES string of the molecule is Cc1nc2ccc(NC3CCC(C(F)(F)F)CC3)cc2[nH]1. The van der Waals surface area contributed by atoms with Crippen molar-refractivity contribution in [2.24, 2.45) is 5.92 Å². The Balaban J connectivity index is 1.64. The van der Waals surface area contributed by atoms with Crippen molar-refractivity contribution in [3.05, 3.63) is 24.0 Å². The van der Waals surface area contributed by atoms with Gasteiger partial charge in [0.25, 0.3) is 0 Å². The van der Waals surface area contributed by atoms with E-state index in [0.29, 0.717) is 12.8 Å². The molecule has 0 aliphatic heterocycles. The van der Waals surface area contributed by atoms with Crippen molar-refractivity contribution in [2.45, 2.75) is 44.8 Å². The Hall–Kier alpha value is -1.72. The fraction of sp³-hybridized carbons (Fsp3) is 0.533. The molecule has 0 radical (unpaired) electrons. The smallest absolute Gasteiger partial charge is 0.382 e. The van der Waals surface area contributed by atoms with Crippen molar-refractivity contribution < 1.29 is 13.2 Å². The van der Waals surface area contributed by atoms with Crippen LogP contribution in [0.3, 0.4) is 0 Å². The van der Waals surface area contributed by atoms with Gasteiger partial charge >= 0.3 is 6.18 Å². The molecule has 1 aliphatic rings. The lowest BCUT2D eigenvalue weighted by Gasteiger charge is -2.30. The van der Waals surface area contributed by atoms with Crippen molar-refractivity contribution in [1.29, 1.82) is 0 Å². The maximum absolute atomic E-state index is 12.6. The standard InChI is InChI=1S/C15H18F3N3/c1-9-19-13-7-6-12(8-14(13)20-9)21-11-4-2-10(3-5-11)15(16,17)18/h6-8,10-11,21H,2-5H2,1H3,(H,19,20). The third-order valence-corrected chi connectivity index (χ3v) is 4.16. The lowest BCUT2D eigenvalue weighted by Crippen LogP contribution is -2.32. The van der Waals surface area contributed by atoms with E-state index < -0.39 is 12.1 Å². The normalized spacial score (nSPS) is 23.4. The van der Waals surface area contributed by atoms with Crippen LogP contribution in [0.1, 0.15) is 31.5 Å². The Labute approximate surface area is 121 Å². The molecule has 1 aromatic carbocycles. The lowest BCUT2D eigenvalue weighted by molar-refractivity contribution is -0.182. The number of aryl methyl sites for hydroxylation is 1. The summed E-state index contributed by atoms with van der Waals surface area (Å²) in [6, 6.07) is 5.93. The number of hydrogen-bond donors (Lipinski definition) is 2. The molecule has 1 aliphatic carbocycles. The molecule has 1 saturated carbocycles. The predicted octanol–water partition coefficient (Wildman–Crippen LogP) is 4.40. The summed E-state index contributed by atoms with van der Waals surface area (Å²) in [4.78, 5) is 7.49. The number of anilines is 1. The van der Waals surface area contributed by atoms with Crippen LogP contribution in [0, 0.1) is 12.8 Å². The molecular weight excluding hydrogens is 279 g/mol. The van der Waals surface area contributed by atoms with Gasteiger partial charge in [-0.25, -0.2) is 4.98 Å². The van der Waals surface area contributed by atoms with Crippen LogP contribution in [0.5, 0.6) is 0 Å². The number of H-pyrrole nitrogens is 1. The molecule has 0 spiro atoms. The fourth-order valence-electron chi connectivity index (χ4n) is 3.03. The molecule has 2 N–H and O–H groups in total. The summed E-state index contributed by atoms with van der Waals surface area (Å²) in [5, 5.41) is 3.34. The van der Waals surface area contributed by atoms with Gasteiger partial charge in [-0.1, -0.05) is 0 Å². The van der Waals surface area contributed by atoms with E-state index in [1.54, 1.807) is 0 Å². The van der Waals surface area contributed by atoms with Gasteiger partial charge in [0.1, 0.15) is 5.82 Å². The first kappa shape index (κ1) is 14.2. The van der Waals surface area contributed by atoms with Gasteiger partial charge in [-0.15, -0.1) is 0 Å². The Morgan fingerprint density at radius 3 is 2.57 bits per heavy atom. The predicted molar refractivity (Wildman–Crippen MR) is 76.3 cm³/mol. The number of imidazole rings is 1. The number of aromatic nitrogens is 2. The van der Waals surface area contributed by atoms with E-state index in [-0.39, 0.29) is 18.9 Å². The number of nitrogens with zero attached hydrogens (tertiary/aromatic N) is 1. The first-order valence-corrected chi connectivity index (χ1v) is 7.21. The van der Waals surface area contributed by atoms with E-state index in [0.717, 1.165) is 22.5 Å². The number of halogens is 3. The number of alkyl halides is 3. The van der Waals surface area contributed by atoms with Gasteiger partial charge in [-0.2, -0.15) is 13.2 Å². The van der Waals surface area contributed by atoms with Gasteiger partial charge in [-0.05, 0) is 50.8 Å². The third kappa shape index (κ3) is 3.14. The van der Waals surface area contributed by atoms with Gasteiger partial charge in [0, 0.05) is 11.7 Å². The van der Waals surface area contributed by atoms with E-state index in [1.165, 1.54) is 0 Å². The van der Waals surface area contributed by atoms with Gasteiger partial charge in [0.2, 0.25) is 0 Å². The average molecular weight is 297 g/mol. The van der Waals surface area contributed by atoms with Crippen molar-refractivity contribution in [3.8, 4) is 0 Å². The molecule has 3 nitrogen and oxygen atoms in total. The second-order valence-electron chi connectivity index (χ2n) is 5.79. The molecule has 2 aromatic rings. The second-order valence-corrected chi connectivity index (χ2v) is 5.79. The topological polar surface area (TPSA) is 40.7 Å². The molecule has 0 amide bonds. The maximum atomic E-state index is 12.6. The van der Waals surface area contributed by atoms with Crippen LogP contribution < -0.4 is 5.32 Å². The highest BCUT2D eigenvalue weighted by Gasteiger charge is 2.41. The monoisotopic (exact) mass is 297 g/mol. The minimum atomic E-state index is -4.04. The molecule has 114 valence electrons. The van der Waals surface area contributed by atoms with E-state index in [2.05, 4.69) is 15.3 Å². The molecule has 0 bridgehead atoms. The van der Waals surface area contributed by atoms with Gasteiger partial charge in [0.05, 0.1) is 17.0 Å². The van der Waals surface area contributed by atoms with Gasteiger partial charge in [0.15, 0.2) is 0 Å². The molecular formula is C15H18F3N3. The number of hydrogen-bond acceptors (Lipinski definition) is 2. The summed E-state index contributed by atoms with van der Waals surface area (Å²) < 4.78 is 37.9. The Morgan fingerprint density at radius 1 is 1.19 bits per heavy atom. The number of rotatable bonds is 2. The van der Waals surface area contributed by atoms with E-state index in [4.69, 9.17) is 0 Å². The minimum absolute atomic E-state index is 0.116. The summed E-state index contributed by atoms with van der Waals surface area (Å²) in [6.07, 6.45) is -2.50. The zero-order valence-electron chi connectivity index (χ0n) is 11.8. The van der Waals surface area contributed by atoms with Crippen LogP contribution in [-0.2, 0) is 0 Å². The lowest BCUT2D eigenvalue weighted by atomic mass is 9.85. The van der Waals surface area contributed by atoms with Crippen LogP contribution >= 0.6 is 0 Å². The number of benzene rings is 1. The summed E-state index contributed by atoms with van der Waals surface area (Å²) in [5.41, 5.74) is 2.78. The van der Waals surface area contributed by atoms with Crippen LogP contribution in [0.2, 0.25) is 0 Å². The number of fused-ring (bicyclic) bond motifs is 1. The maximum Gasteiger partial charge on any atom is 0.391 e. The quantitative estimate of drug-likeness (QED) is 0.862. The number of nitrogens with one attached hydrogen (secondary N) is 2. The van der Waals surface area contributed by atoms with E-state index in [9.17, 15) is 13.2 Å². The van der Waals surface area contributed by atoms with Crippen molar-refractivity contribution in [2.75, 3.05) is 5.32 Å². The number of aromatic amines is 1. The Bertz CT molecular complexity index is 625. The van der Waals surface area contributed by atoms with Gasteiger partial charge < -0.3 is 10.3 Å². The fourth-order valence-corrected chi connectivity index (χ4v) is 3.03. The van der Waals surface area contributed by atoms with Crippen molar-refractivity contribution in [1.82, 2.24) is 9.97 Å². The van der Waals surface area contributed by atoms with E-state index in [1.807, 2.05) is 25.1 Å². The highest BCUT2D eigenvalue weighted by molar-refractivity contribution is 5.79. The zero-order valence-corrected chi connectivity index (χ0v) is 11.8. The summed E-state index contributed by atoms with van der Waals surface area (Å²) in [5.74, 6) is -0.277. The largest absolute Gasteiger partial charge is 0.391 e. The van der Waals surface area contributed by atoms with Crippen LogP contribution in [0.25, 0.3) is 11.0 Å². The first-order valence-electron chi connectivity index (χ1n) is 7.21. The molecule has 0 atom stereocenters. The van der Waals surface area contributed by atoms with E-state index >= 15 is 0 Å². The zero-order chi connectivity index (χ0) is 15.0. The Kier molecular flexibility index (Phi) is 3.55. The second kappa shape index (κ2) is 5.24. The van der Waals surface area contributed by atoms with Gasteiger partial charge in [-0.3, -0.25) is 0 Å². The molecule has 3 rings (SSSR count). The van der Waals surface area contributed by atoms with Crippen LogP contribution in [-0.4, -0.2) is 22.2 Å². The highest BCUT2D eigenvalue weighted by Crippen LogP contribution is 2.38. The minimum Gasteiger partial charge on any atom is -0.382 e. The first-order chi connectivity index (χ1) is 9.91. The molecule has 1 fully saturated rings. The molecule has 6 heteroatoms. The molecule has 0 saturated heterocycles. The molecule has 1 aromatic heterocycles. The summed E-state index contributed by atoms with van der Waals surface area (Å²) in [7, 11) is 0. The van der Waals surface area contributed by atoms with Crippen molar-refractivity contribution in [3.63, 3.8) is 0 Å². The third-order valence-electron chi connectivity index (χ3n) is 4.16. The van der Waals surface area contributed by atoms with Crippen molar-refractivity contribution >= 4 is 16.7 Å². The highest BCUT2D eigenvalue weighted by atomic mass is 19.4. The molecule has 0 unspecified atom stereocenters. The molecule has 21 heavy (non-hydrogen) atoms. The average Bonchev–Trinajstić information content (AvgIpc) is 2.78. The Morgan fingerprint density at radius 2 is 1.90 bits per heavy atom. The van der Waals surface area contributed by atoms with Crippen LogP contribution in [0.15, 0.2) is 18.2 Å².